The van der Waals surface area contributed by atoms with Gasteiger partial charge in [0.05, 0.1) is 13.5 Å². The Balaban J connectivity index is 3.06. The minimum Gasteiger partial charge on any atom is -0.496 e. The highest BCUT2D eigenvalue weighted by Crippen LogP contribution is 2.29. The molecule has 0 aromatic heterocycles. The van der Waals surface area contributed by atoms with Gasteiger partial charge >= 0.3 is 5.97 Å². The molecule has 1 unspecified atom stereocenters. The van der Waals surface area contributed by atoms with E-state index in [0.29, 0.717) is 11.3 Å². The third kappa shape index (κ3) is 2.93. The topological polar surface area (TPSA) is 72.5 Å². The van der Waals surface area contributed by atoms with Crippen molar-refractivity contribution in [3.63, 3.8) is 0 Å². The summed E-state index contributed by atoms with van der Waals surface area (Å²) in [7, 11) is 1.45. The van der Waals surface area contributed by atoms with Gasteiger partial charge in [-0.3, -0.25) is 4.79 Å². The highest BCUT2D eigenvalue weighted by Gasteiger charge is 2.18. The number of carbonyl (C=O) groups is 1. The standard InChI is InChI=1S/C11H14FNO3/c1-16-10-3-2-8(12)5-9(10)7(6-13)4-11(14)15/h2-3,5,7H,4,6,13H2,1H3,(H,14,15). The van der Waals surface area contributed by atoms with Crippen molar-refractivity contribution in [2.75, 3.05) is 13.7 Å². The maximum atomic E-state index is 13.1. The summed E-state index contributed by atoms with van der Waals surface area (Å²) in [4.78, 5) is 10.6. The molecule has 88 valence electrons. The van der Waals surface area contributed by atoms with Gasteiger partial charge in [0.1, 0.15) is 11.6 Å². The van der Waals surface area contributed by atoms with Gasteiger partial charge in [0.2, 0.25) is 0 Å². The van der Waals surface area contributed by atoms with Crippen LogP contribution in [0.3, 0.4) is 0 Å². The summed E-state index contributed by atoms with van der Waals surface area (Å²) in [6.07, 6.45) is -0.143. The van der Waals surface area contributed by atoms with Crippen LogP contribution in [0.2, 0.25) is 0 Å². The molecule has 0 spiro atoms. The molecule has 0 aliphatic rings. The Bertz CT molecular complexity index is 381. The van der Waals surface area contributed by atoms with Crippen LogP contribution in [0.15, 0.2) is 18.2 Å². The molecule has 0 fully saturated rings. The third-order valence-corrected chi connectivity index (χ3v) is 2.34. The van der Waals surface area contributed by atoms with Gasteiger partial charge in [-0.25, -0.2) is 4.39 Å². The number of carboxylic acids is 1. The monoisotopic (exact) mass is 227 g/mol. The van der Waals surface area contributed by atoms with E-state index >= 15 is 0 Å². The quantitative estimate of drug-likeness (QED) is 0.796. The van der Waals surface area contributed by atoms with Crippen LogP contribution in [0.1, 0.15) is 17.9 Å². The Hall–Kier alpha value is -1.62. The molecule has 0 aliphatic heterocycles. The highest BCUT2D eigenvalue weighted by atomic mass is 19.1. The maximum Gasteiger partial charge on any atom is 0.304 e. The van der Waals surface area contributed by atoms with Crippen molar-refractivity contribution < 1.29 is 19.0 Å². The molecule has 0 amide bonds. The smallest absolute Gasteiger partial charge is 0.304 e. The van der Waals surface area contributed by atoms with Crippen LogP contribution < -0.4 is 10.5 Å². The number of aliphatic carboxylic acids is 1. The van der Waals surface area contributed by atoms with Crippen LogP contribution in [0.25, 0.3) is 0 Å². The van der Waals surface area contributed by atoms with Crippen LogP contribution in [-0.4, -0.2) is 24.7 Å². The van der Waals surface area contributed by atoms with E-state index in [1.807, 2.05) is 0 Å². The summed E-state index contributed by atoms with van der Waals surface area (Å²) in [5.74, 6) is -1.39. The Morgan fingerprint density at radius 3 is 2.81 bits per heavy atom. The maximum absolute atomic E-state index is 13.1. The Morgan fingerprint density at radius 1 is 1.62 bits per heavy atom. The van der Waals surface area contributed by atoms with Crippen LogP contribution in [0.5, 0.6) is 5.75 Å². The molecule has 1 atom stereocenters. The number of nitrogens with two attached hydrogens (primary N) is 1. The number of rotatable bonds is 5. The van der Waals surface area contributed by atoms with Crippen molar-refractivity contribution in [1.82, 2.24) is 0 Å². The van der Waals surface area contributed by atoms with Gasteiger partial charge in [-0.15, -0.1) is 0 Å². The van der Waals surface area contributed by atoms with Crippen LogP contribution >= 0.6 is 0 Å². The van der Waals surface area contributed by atoms with Gasteiger partial charge in [0.15, 0.2) is 0 Å². The van der Waals surface area contributed by atoms with Crippen molar-refractivity contribution in [3.8, 4) is 5.75 Å². The molecule has 0 radical (unpaired) electrons. The molecule has 1 rings (SSSR count). The SMILES string of the molecule is COc1ccc(F)cc1C(CN)CC(=O)O. The number of hydrogen-bond acceptors (Lipinski definition) is 3. The van der Waals surface area contributed by atoms with Crippen molar-refractivity contribution >= 4 is 5.97 Å². The zero-order chi connectivity index (χ0) is 12.1. The second kappa shape index (κ2) is 5.46. The number of hydrogen-bond donors (Lipinski definition) is 2. The Morgan fingerprint density at radius 2 is 2.31 bits per heavy atom. The first-order chi connectivity index (χ1) is 7.58. The molecule has 0 aliphatic carbocycles. The minimum absolute atomic E-state index is 0.131. The van der Waals surface area contributed by atoms with Crippen molar-refractivity contribution in [2.45, 2.75) is 12.3 Å². The molecule has 0 heterocycles. The molecular formula is C11H14FNO3. The van der Waals surface area contributed by atoms with E-state index in [2.05, 4.69) is 0 Å². The van der Waals surface area contributed by atoms with Gasteiger partial charge in [0.25, 0.3) is 0 Å². The molecule has 1 aromatic carbocycles. The molecule has 3 N–H and O–H groups in total. The van der Waals surface area contributed by atoms with E-state index in [-0.39, 0.29) is 13.0 Å². The van der Waals surface area contributed by atoms with Crippen LogP contribution in [-0.2, 0) is 4.79 Å². The van der Waals surface area contributed by atoms with Gasteiger partial charge in [0, 0.05) is 11.5 Å². The molecule has 0 saturated carbocycles. The van der Waals surface area contributed by atoms with Crippen LogP contribution in [0.4, 0.5) is 4.39 Å². The summed E-state index contributed by atoms with van der Waals surface area (Å²) in [6.45, 7) is 0.131. The van der Waals surface area contributed by atoms with Crippen molar-refractivity contribution in [1.29, 1.82) is 0 Å². The average molecular weight is 227 g/mol. The number of halogens is 1. The lowest BCUT2D eigenvalue weighted by molar-refractivity contribution is -0.137. The number of ether oxygens (including phenoxy) is 1. The van der Waals surface area contributed by atoms with E-state index in [1.54, 1.807) is 0 Å². The first kappa shape index (κ1) is 12.4. The number of carboxylic acid groups (broad SMARTS) is 1. The molecule has 0 saturated heterocycles. The summed E-state index contributed by atoms with van der Waals surface area (Å²) in [6, 6.07) is 3.99. The Kier molecular flexibility index (Phi) is 4.25. The van der Waals surface area contributed by atoms with E-state index in [1.165, 1.54) is 25.3 Å². The normalized spacial score (nSPS) is 12.2. The molecule has 5 heteroatoms. The summed E-state index contributed by atoms with van der Waals surface area (Å²) in [5, 5.41) is 8.72. The van der Waals surface area contributed by atoms with Gasteiger partial charge in [-0.05, 0) is 24.7 Å². The lowest BCUT2D eigenvalue weighted by Gasteiger charge is -2.16. The molecule has 4 nitrogen and oxygen atoms in total. The average Bonchev–Trinajstić information content (AvgIpc) is 2.25. The fraction of sp³-hybridized carbons (Fsp3) is 0.364. The summed E-state index contributed by atoms with van der Waals surface area (Å²) >= 11 is 0. The van der Waals surface area contributed by atoms with Gasteiger partial charge in [-0.2, -0.15) is 0 Å². The largest absolute Gasteiger partial charge is 0.496 e. The van der Waals surface area contributed by atoms with E-state index in [4.69, 9.17) is 15.6 Å². The lowest BCUT2D eigenvalue weighted by atomic mass is 9.95. The lowest BCUT2D eigenvalue weighted by Crippen LogP contribution is -2.17. The second-order valence-corrected chi connectivity index (χ2v) is 3.42. The fourth-order valence-corrected chi connectivity index (χ4v) is 1.56. The zero-order valence-electron chi connectivity index (χ0n) is 8.94. The number of benzene rings is 1. The fourth-order valence-electron chi connectivity index (χ4n) is 1.56. The van der Waals surface area contributed by atoms with Crippen molar-refractivity contribution in [2.24, 2.45) is 5.73 Å². The van der Waals surface area contributed by atoms with Crippen molar-refractivity contribution in [3.05, 3.63) is 29.6 Å². The minimum atomic E-state index is -0.971. The first-order valence-corrected chi connectivity index (χ1v) is 4.83. The molecule has 1 aromatic rings. The second-order valence-electron chi connectivity index (χ2n) is 3.42. The van der Waals surface area contributed by atoms with E-state index in [0.717, 1.165) is 0 Å². The molecular weight excluding hydrogens is 213 g/mol. The van der Waals surface area contributed by atoms with Crippen LogP contribution in [0, 0.1) is 5.82 Å². The van der Waals surface area contributed by atoms with Gasteiger partial charge in [-0.1, -0.05) is 0 Å². The summed E-state index contributed by atoms with van der Waals surface area (Å²) < 4.78 is 18.1. The molecule has 16 heavy (non-hydrogen) atoms. The Labute approximate surface area is 92.8 Å². The number of methoxy groups -OCH3 is 1. The zero-order valence-corrected chi connectivity index (χ0v) is 8.94. The van der Waals surface area contributed by atoms with E-state index < -0.39 is 17.7 Å². The predicted molar refractivity (Wildman–Crippen MR) is 57.0 cm³/mol. The first-order valence-electron chi connectivity index (χ1n) is 4.83. The molecule has 0 bridgehead atoms. The van der Waals surface area contributed by atoms with Gasteiger partial charge < -0.3 is 15.6 Å². The summed E-state index contributed by atoms with van der Waals surface area (Å²) in [5.41, 5.74) is 5.98. The third-order valence-electron chi connectivity index (χ3n) is 2.34. The van der Waals surface area contributed by atoms with E-state index in [9.17, 15) is 9.18 Å². The predicted octanol–water partition coefficient (Wildman–Crippen LogP) is 1.35. The highest BCUT2D eigenvalue weighted by molar-refractivity contribution is 5.68.